The van der Waals surface area contributed by atoms with Crippen molar-refractivity contribution in [1.82, 2.24) is 5.32 Å². The normalized spacial score (nSPS) is 9.21. The first kappa shape index (κ1) is 10.5. The van der Waals surface area contributed by atoms with Crippen LogP contribution in [0.4, 0.5) is 0 Å². The Bertz CT molecular complexity index is 346. The molecule has 0 unspecified atom stereocenters. The first-order valence-electron chi connectivity index (χ1n) is 4.01. The van der Waals surface area contributed by atoms with E-state index in [0.717, 1.165) is 5.56 Å². The van der Waals surface area contributed by atoms with Crippen LogP contribution in [0.25, 0.3) is 5.76 Å². The number of aromatic hydroxyl groups is 1. The minimum absolute atomic E-state index is 0.206. The second-order valence-corrected chi connectivity index (χ2v) is 2.98. The predicted octanol–water partition coefficient (Wildman–Crippen LogP) is 1.88. The van der Waals surface area contributed by atoms with Gasteiger partial charge in [0.2, 0.25) is 0 Å². The Kier molecular flexibility index (Phi) is 3.48. The number of nitrogens with one attached hydrogen (secondary N) is 1. The maximum absolute atomic E-state index is 9.06. The average molecular weight is 209 g/mol. The molecule has 0 bridgehead atoms. The van der Waals surface area contributed by atoms with Gasteiger partial charge in [0.1, 0.15) is 11.5 Å². The van der Waals surface area contributed by atoms with Crippen LogP contribution < -0.4 is 5.32 Å². The minimum atomic E-state index is 0.206. The summed E-state index contributed by atoms with van der Waals surface area (Å²) in [5.41, 5.74) is 0.778. The highest BCUT2D eigenvalue weighted by Crippen LogP contribution is 2.17. The number of phenolic OH excluding ortho intramolecular Hbond substituents is 1. The van der Waals surface area contributed by atoms with E-state index >= 15 is 0 Å². The molecule has 0 spiro atoms. The van der Waals surface area contributed by atoms with Crippen LogP contribution in [0.5, 0.6) is 5.75 Å². The summed E-state index contributed by atoms with van der Waals surface area (Å²) < 4.78 is 5.17. The van der Waals surface area contributed by atoms with Gasteiger partial charge in [-0.25, -0.2) is 0 Å². The minimum Gasteiger partial charge on any atom is -0.508 e. The summed E-state index contributed by atoms with van der Waals surface area (Å²) in [6, 6.07) is 6.53. The van der Waals surface area contributed by atoms with Crippen LogP contribution >= 0.6 is 12.2 Å². The number of ether oxygens (including phenoxy) is 1. The number of hydrogen-bond acceptors (Lipinski definition) is 3. The largest absolute Gasteiger partial charge is 0.508 e. The van der Waals surface area contributed by atoms with Crippen molar-refractivity contribution in [2.45, 2.75) is 0 Å². The number of benzene rings is 1. The topological polar surface area (TPSA) is 41.5 Å². The predicted molar refractivity (Wildman–Crippen MR) is 59.9 cm³/mol. The van der Waals surface area contributed by atoms with Gasteiger partial charge in [-0.2, -0.15) is 0 Å². The highest BCUT2D eigenvalue weighted by molar-refractivity contribution is 7.80. The van der Waals surface area contributed by atoms with Crippen molar-refractivity contribution < 1.29 is 9.84 Å². The molecule has 0 atom stereocenters. The molecule has 0 heterocycles. The molecule has 1 aromatic carbocycles. The summed E-state index contributed by atoms with van der Waals surface area (Å²) in [6.07, 6.45) is 0. The molecule has 0 saturated carbocycles. The number of thiocarbonyl (C=S) groups is 1. The van der Waals surface area contributed by atoms with Crippen LogP contribution in [0.1, 0.15) is 5.56 Å². The van der Waals surface area contributed by atoms with E-state index in [1.54, 1.807) is 31.3 Å². The van der Waals surface area contributed by atoms with Crippen molar-refractivity contribution in [2.75, 3.05) is 7.05 Å². The molecule has 0 amide bonds. The zero-order valence-corrected chi connectivity index (χ0v) is 8.60. The molecule has 74 valence electrons. The van der Waals surface area contributed by atoms with Crippen molar-refractivity contribution in [3.8, 4) is 5.75 Å². The molecule has 0 aliphatic carbocycles. The first-order chi connectivity index (χ1) is 6.63. The monoisotopic (exact) mass is 209 g/mol. The molecule has 0 aliphatic rings. The van der Waals surface area contributed by atoms with Crippen molar-refractivity contribution in [2.24, 2.45) is 0 Å². The Balaban J connectivity index is 2.70. The van der Waals surface area contributed by atoms with Crippen molar-refractivity contribution in [1.29, 1.82) is 0 Å². The van der Waals surface area contributed by atoms with Crippen molar-refractivity contribution in [3.05, 3.63) is 36.4 Å². The van der Waals surface area contributed by atoms with E-state index in [2.05, 4.69) is 11.9 Å². The van der Waals surface area contributed by atoms with Gasteiger partial charge in [0.25, 0.3) is 5.17 Å². The van der Waals surface area contributed by atoms with Gasteiger partial charge in [0.05, 0.1) is 0 Å². The highest BCUT2D eigenvalue weighted by Gasteiger charge is 2.02. The van der Waals surface area contributed by atoms with E-state index in [1.165, 1.54) is 0 Å². The maximum atomic E-state index is 9.06. The van der Waals surface area contributed by atoms with Gasteiger partial charge in [-0.3, -0.25) is 0 Å². The third-order valence-electron chi connectivity index (χ3n) is 1.61. The van der Waals surface area contributed by atoms with Crippen LogP contribution in [0, 0.1) is 0 Å². The van der Waals surface area contributed by atoms with Crippen LogP contribution in [-0.2, 0) is 4.74 Å². The molecule has 0 saturated heterocycles. The van der Waals surface area contributed by atoms with E-state index in [-0.39, 0.29) is 10.9 Å². The standard InChI is InChI=1S/C10H11NO2S/c1-7(13-10(14)11-2)8-3-5-9(12)6-4-8/h3-6,12H,1H2,2H3,(H,11,14). The van der Waals surface area contributed by atoms with E-state index in [1.807, 2.05) is 0 Å². The molecule has 4 heteroatoms. The molecule has 1 aromatic rings. The van der Waals surface area contributed by atoms with Crippen LogP contribution in [0.15, 0.2) is 30.8 Å². The Morgan fingerprint density at radius 1 is 1.43 bits per heavy atom. The molecule has 1 rings (SSSR count). The second-order valence-electron chi connectivity index (χ2n) is 2.61. The van der Waals surface area contributed by atoms with Gasteiger partial charge >= 0.3 is 0 Å². The van der Waals surface area contributed by atoms with E-state index in [9.17, 15) is 0 Å². The SMILES string of the molecule is C=C(OC(=S)NC)c1ccc(O)cc1. The molecule has 0 fully saturated rings. The lowest BCUT2D eigenvalue weighted by atomic mass is 10.2. The zero-order chi connectivity index (χ0) is 10.6. The van der Waals surface area contributed by atoms with Crippen molar-refractivity contribution in [3.63, 3.8) is 0 Å². The van der Waals surface area contributed by atoms with Gasteiger partial charge in [-0.1, -0.05) is 6.58 Å². The quantitative estimate of drug-likeness (QED) is 0.576. The van der Waals surface area contributed by atoms with Crippen LogP contribution in [-0.4, -0.2) is 17.3 Å². The molecule has 0 aliphatic heterocycles. The summed E-state index contributed by atoms with van der Waals surface area (Å²) >= 11 is 4.81. The first-order valence-corrected chi connectivity index (χ1v) is 4.42. The van der Waals surface area contributed by atoms with E-state index in [4.69, 9.17) is 22.1 Å². The fourth-order valence-corrected chi connectivity index (χ4v) is 0.970. The lowest BCUT2D eigenvalue weighted by molar-refractivity contribution is 0.474. The zero-order valence-electron chi connectivity index (χ0n) is 7.78. The molecular formula is C10H11NO2S. The lowest BCUT2D eigenvalue weighted by Crippen LogP contribution is -2.17. The Morgan fingerprint density at radius 2 is 2.00 bits per heavy atom. The van der Waals surface area contributed by atoms with E-state index < -0.39 is 0 Å². The summed E-state index contributed by atoms with van der Waals surface area (Å²) in [5, 5.41) is 12.0. The van der Waals surface area contributed by atoms with Crippen LogP contribution in [0.3, 0.4) is 0 Å². The maximum Gasteiger partial charge on any atom is 0.261 e. The summed E-state index contributed by atoms with van der Waals surface area (Å²) in [5.74, 6) is 0.655. The number of rotatable bonds is 2. The molecule has 0 aromatic heterocycles. The Labute approximate surface area is 88.0 Å². The fraction of sp³-hybridized carbons (Fsp3) is 0.100. The fourth-order valence-electron chi connectivity index (χ4n) is 0.869. The van der Waals surface area contributed by atoms with E-state index in [0.29, 0.717) is 5.76 Å². The Morgan fingerprint density at radius 3 is 2.50 bits per heavy atom. The summed E-state index contributed by atoms with van der Waals surface area (Å²) in [7, 11) is 1.67. The summed E-state index contributed by atoms with van der Waals surface area (Å²) in [4.78, 5) is 0. The van der Waals surface area contributed by atoms with Gasteiger partial charge in [0.15, 0.2) is 0 Å². The average Bonchev–Trinajstić information content (AvgIpc) is 2.18. The van der Waals surface area contributed by atoms with Gasteiger partial charge < -0.3 is 15.2 Å². The Hall–Kier alpha value is -1.55. The second kappa shape index (κ2) is 4.62. The summed E-state index contributed by atoms with van der Waals surface area (Å²) in [6.45, 7) is 3.71. The van der Waals surface area contributed by atoms with Gasteiger partial charge in [0, 0.05) is 12.6 Å². The molecule has 14 heavy (non-hydrogen) atoms. The smallest absolute Gasteiger partial charge is 0.261 e. The third kappa shape index (κ3) is 2.74. The molecular weight excluding hydrogens is 198 g/mol. The molecule has 2 N–H and O–H groups in total. The van der Waals surface area contributed by atoms with Crippen LogP contribution in [0.2, 0.25) is 0 Å². The number of phenols is 1. The molecule has 3 nitrogen and oxygen atoms in total. The van der Waals surface area contributed by atoms with Gasteiger partial charge in [-0.15, -0.1) is 0 Å². The molecule has 0 radical (unpaired) electrons. The lowest BCUT2D eigenvalue weighted by Gasteiger charge is -2.08. The number of hydrogen-bond donors (Lipinski definition) is 2. The van der Waals surface area contributed by atoms with Crippen molar-refractivity contribution >= 4 is 23.2 Å². The van der Waals surface area contributed by atoms with Gasteiger partial charge in [-0.05, 0) is 36.5 Å². The highest BCUT2D eigenvalue weighted by atomic mass is 32.1. The third-order valence-corrected chi connectivity index (χ3v) is 1.90.